The average molecular weight is 390 g/mol. The van der Waals surface area contributed by atoms with Gasteiger partial charge in [0, 0.05) is 18.7 Å². The maximum absolute atomic E-state index is 12.4. The number of likely N-dealkylation sites (tertiary alicyclic amines) is 1. The third kappa shape index (κ3) is 5.51. The van der Waals surface area contributed by atoms with Crippen molar-refractivity contribution in [1.29, 1.82) is 0 Å². The quantitative estimate of drug-likeness (QED) is 0.674. The summed E-state index contributed by atoms with van der Waals surface area (Å²) in [5.74, 6) is -0.0605. The molecule has 29 heavy (non-hydrogen) atoms. The number of nitrogens with one attached hydrogen (secondary N) is 1. The van der Waals surface area contributed by atoms with Gasteiger partial charge < -0.3 is 5.32 Å². The molecule has 0 radical (unpaired) electrons. The lowest BCUT2D eigenvalue weighted by Gasteiger charge is -2.26. The van der Waals surface area contributed by atoms with Crippen LogP contribution in [0.4, 0.5) is 0 Å². The number of amides is 1. The summed E-state index contributed by atoms with van der Waals surface area (Å²) in [4.78, 5) is 18.9. The number of carbonyl (C=O) groups is 1. The van der Waals surface area contributed by atoms with E-state index in [1.54, 1.807) is 11.0 Å². The first kappa shape index (κ1) is 19.3. The Hall–Kier alpha value is -2.99. The maximum atomic E-state index is 12.4. The van der Waals surface area contributed by atoms with E-state index in [-0.39, 0.29) is 5.91 Å². The largest absolute Gasteiger partial charge is 0.348 e. The number of nitrogens with zero attached hydrogens (tertiary/aromatic N) is 4. The van der Waals surface area contributed by atoms with Gasteiger partial charge in [-0.25, -0.2) is 9.67 Å². The Morgan fingerprint density at radius 1 is 0.862 bits per heavy atom. The first-order chi connectivity index (χ1) is 14.3. The molecule has 1 saturated heterocycles. The van der Waals surface area contributed by atoms with Crippen molar-refractivity contribution in [2.24, 2.45) is 0 Å². The summed E-state index contributed by atoms with van der Waals surface area (Å²) in [6, 6.07) is 16.2. The lowest BCUT2D eigenvalue weighted by molar-refractivity contribution is 0.0951. The molecule has 1 aliphatic heterocycles. The van der Waals surface area contributed by atoms with E-state index in [1.807, 2.05) is 24.3 Å². The van der Waals surface area contributed by atoms with Crippen LogP contribution in [0.25, 0.3) is 0 Å². The van der Waals surface area contributed by atoms with Crippen molar-refractivity contribution in [2.75, 3.05) is 13.1 Å². The second-order valence-electron chi connectivity index (χ2n) is 7.63. The minimum Gasteiger partial charge on any atom is -0.348 e. The van der Waals surface area contributed by atoms with Crippen LogP contribution in [-0.2, 0) is 19.6 Å². The van der Waals surface area contributed by atoms with E-state index in [2.05, 4.69) is 44.6 Å². The molecule has 3 aromatic rings. The number of benzene rings is 2. The predicted octanol–water partition coefficient (Wildman–Crippen LogP) is 3.24. The Labute approximate surface area is 171 Å². The van der Waals surface area contributed by atoms with Crippen LogP contribution in [0.5, 0.6) is 0 Å². The van der Waals surface area contributed by atoms with Crippen LogP contribution in [0.3, 0.4) is 0 Å². The molecule has 1 aliphatic rings. The zero-order valence-corrected chi connectivity index (χ0v) is 16.6. The highest BCUT2D eigenvalue weighted by atomic mass is 16.1. The molecule has 1 N–H and O–H groups in total. The van der Waals surface area contributed by atoms with Gasteiger partial charge in [0.05, 0.1) is 6.54 Å². The lowest BCUT2D eigenvalue weighted by Crippen LogP contribution is -2.29. The van der Waals surface area contributed by atoms with E-state index < -0.39 is 0 Å². The van der Waals surface area contributed by atoms with Gasteiger partial charge in [-0.2, -0.15) is 5.10 Å². The molecule has 0 bridgehead atoms. The maximum Gasteiger partial charge on any atom is 0.251 e. The van der Waals surface area contributed by atoms with Gasteiger partial charge >= 0.3 is 0 Å². The molecule has 2 heterocycles. The summed E-state index contributed by atoms with van der Waals surface area (Å²) < 4.78 is 1.75. The summed E-state index contributed by atoms with van der Waals surface area (Å²) in [6.45, 7) is 4.60. The summed E-state index contributed by atoms with van der Waals surface area (Å²) in [7, 11) is 0. The van der Waals surface area contributed by atoms with Crippen molar-refractivity contribution in [3.05, 3.63) is 83.4 Å². The van der Waals surface area contributed by atoms with E-state index in [0.29, 0.717) is 18.7 Å². The van der Waals surface area contributed by atoms with Crippen LogP contribution in [0.1, 0.15) is 46.3 Å². The number of piperidine rings is 1. The minimum atomic E-state index is -0.0605. The van der Waals surface area contributed by atoms with E-state index >= 15 is 0 Å². The normalized spacial score (nSPS) is 14.6. The summed E-state index contributed by atoms with van der Waals surface area (Å²) >= 11 is 0. The van der Waals surface area contributed by atoms with Crippen LogP contribution in [0.15, 0.2) is 61.2 Å². The van der Waals surface area contributed by atoms with Crippen LogP contribution in [0.2, 0.25) is 0 Å². The van der Waals surface area contributed by atoms with E-state index in [4.69, 9.17) is 0 Å². The van der Waals surface area contributed by atoms with Crippen molar-refractivity contribution in [3.63, 3.8) is 0 Å². The number of hydrogen-bond acceptors (Lipinski definition) is 4. The molecule has 1 aromatic heterocycles. The Balaban J connectivity index is 1.26. The first-order valence-electron chi connectivity index (χ1n) is 10.3. The molecule has 0 saturated carbocycles. The number of rotatable bonds is 7. The van der Waals surface area contributed by atoms with Gasteiger partial charge in [-0.05, 0) is 54.8 Å². The van der Waals surface area contributed by atoms with Crippen molar-refractivity contribution >= 4 is 5.91 Å². The fraction of sp³-hybridized carbons (Fsp3) is 0.348. The first-order valence-corrected chi connectivity index (χ1v) is 10.3. The molecular weight excluding hydrogens is 362 g/mol. The summed E-state index contributed by atoms with van der Waals surface area (Å²) in [6.07, 6.45) is 7.18. The molecule has 150 valence electrons. The molecule has 0 atom stereocenters. The molecule has 1 fully saturated rings. The average Bonchev–Trinajstić information content (AvgIpc) is 3.27. The highest BCUT2D eigenvalue weighted by molar-refractivity contribution is 5.94. The van der Waals surface area contributed by atoms with E-state index in [1.165, 1.54) is 44.2 Å². The highest BCUT2D eigenvalue weighted by Crippen LogP contribution is 2.14. The van der Waals surface area contributed by atoms with Crippen molar-refractivity contribution in [3.8, 4) is 0 Å². The standard InChI is InChI=1S/C23H27N5O/c29-23(22-10-8-21(9-11-22)16-28-18-24-17-26-28)25-14-19-4-6-20(7-5-19)15-27-12-2-1-3-13-27/h4-11,17-18H,1-3,12-16H2,(H,25,29). The topological polar surface area (TPSA) is 63.1 Å². The van der Waals surface area contributed by atoms with Gasteiger partial charge in [-0.1, -0.05) is 42.8 Å². The molecule has 2 aromatic carbocycles. The molecule has 6 nitrogen and oxygen atoms in total. The fourth-order valence-corrected chi connectivity index (χ4v) is 3.69. The Morgan fingerprint density at radius 3 is 2.21 bits per heavy atom. The monoisotopic (exact) mass is 389 g/mol. The summed E-state index contributed by atoms with van der Waals surface area (Å²) in [5.41, 5.74) is 4.19. The molecule has 0 unspecified atom stereocenters. The lowest BCUT2D eigenvalue weighted by atomic mass is 10.1. The van der Waals surface area contributed by atoms with Crippen molar-refractivity contribution in [2.45, 2.75) is 38.9 Å². The van der Waals surface area contributed by atoms with Crippen molar-refractivity contribution < 1.29 is 4.79 Å². The van der Waals surface area contributed by atoms with E-state index in [0.717, 1.165) is 17.7 Å². The molecule has 1 amide bonds. The number of carbonyl (C=O) groups excluding carboxylic acids is 1. The van der Waals surface area contributed by atoms with Gasteiger partial charge in [0.2, 0.25) is 0 Å². The zero-order valence-electron chi connectivity index (χ0n) is 16.6. The highest BCUT2D eigenvalue weighted by Gasteiger charge is 2.10. The third-order valence-corrected chi connectivity index (χ3v) is 5.36. The Bertz CT molecular complexity index is 897. The van der Waals surface area contributed by atoms with Gasteiger partial charge in [-0.15, -0.1) is 0 Å². The second-order valence-corrected chi connectivity index (χ2v) is 7.63. The molecular formula is C23H27N5O. The molecule has 4 rings (SSSR count). The Kier molecular flexibility index (Phi) is 6.32. The summed E-state index contributed by atoms with van der Waals surface area (Å²) in [5, 5.41) is 7.10. The number of hydrogen-bond donors (Lipinski definition) is 1. The van der Waals surface area contributed by atoms with Gasteiger partial charge in [0.1, 0.15) is 12.7 Å². The van der Waals surface area contributed by atoms with Crippen LogP contribution in [0, 0.1) is 0 Å². The smallest absolute Gasteiger partial charge is 0.251 e. The molecule has 6 heteroatoms. The van der Waals surface area contributed by atoms with Gasteiger partial charge in [0.15, 0.2) is 0 Å². The Morgan fingerprint density at radius 2 is 1.52 bits per heavy atom. The zero-order chi connectivity index (χ0) is 19.9. The SMILES string of the molecule is O=C(NCc1ccc(CN2CCCCC2)cc1)c1ccc(Cn2cncn2)cc1. The van der Waals surface area contributed by atoms with Gasteiger partial charge in [-0.3, -0.25) is 9.69 Å². The van der Waals surface area contributed by atoms with Crippen molar-refractivity contribution in [1.82, 2.24) is 25.0 Å². The molecule has 0 aliphatic carbocycles. The fourth-order valence-electron chi connectivity index (χ4n) is 3.69. The van der Waals surface area contributed by atoms with Crippen LogP contribution < -0.4 is 5.32 Å². The number of aromatic nitrogens is 3. The third-order valence-electron chi connectivity index (χ3n) is 5.36. The predicted molar refractivity (Wildman–Crippen MR) is 112 cm³/mol. The molecule has 0 spiro atoms. The minimum absolute atomic E-state index is 0.0605. The van der Waals surface area contributed by atoms with Gasteiger partial charge in [0.25, 0.3) is 5.91 Å². The van der Waals surface area contributed by atoms with E-state index in [9.17, 15) is 4.79 Å². The second kappa shape index (κ2) is 9.47. The van der Waals surface area contributed by atoms with Crippen LogP contribution in [-0.4, -0.2) is 38.7 Å². The van der Waals surface area contributed by atoms with Crippen LogP contribution >= 0.6 is 0 Å².